The minimum atomic E-state index is -4.46. The monoisotopic (exact) mass is 261 g/mol. The molecule has 1 aromatic rings. The van der Waals surface area contributed by atoms with Gasteiger partial charge in [0.2, 0.25) is 0 Å². The Bertz CT molecular complexity index is 330. The standard InChI is InChI=1S/C8H7ClF3NO.ClH/c9-7-2-1-5(4-14-13)3-6(7)8(10,11)12;/h1-3H,4,13H2;1H. The van der Waals surface area contributed by atoms with Gasteiger partial charge in [-0.15, -0.1) is 12.4 Å². The van der Waals surface area contributed by atoms with Gasteiger partial charge in [0.25, 0.3) is 0 Å². The molecule has 0 atom stereocenters. The van der Waals surface area contributed by atoms with E-state index in [4.69, 9.17) is 17.5 Å². The van der Waals surface area contributed by atoms with Gasteiger partial charge in [-0.05, 0) is 17.7 Å². The van der Waals surface area contributed by atoms with Crippen molar-refractivity contribution in [3.05, 3.63) is 34.3 Å². The summed E-state index contributed by atoms with van der Waals surface area (Å²) in [6, 6.07) is 3.50. The van der Waals surface area contributed by atoms with E-state index >= 15 is 0 Å². The maximum Gasteiger partial charge on any atom is 0.417 e. The van der Waals surface area contributed by atoms with Gasteiger partial charge < -0.3 is 0 Å². The Morgan fingerprint density at radius 2 is 1.93 bits per heavy atom. The van der Waals surface area contributed by atoms with Gasteiger partial charge in [-0.3, -0.25) is 4.84 Å². The number of rotatable bonds is 2. The van der Waals surface area contributed by atoms with Gasteiger partial charge in [-0.25, -0.2) is 5.90 Å². The molecule has 7 heteroatoms. The van der Waals surface area contributed by atoms with Gasteiger partial charge in [0, 0.05) is 0 Å². The van der Waals surface area contributed by atoms with Crippen LogP contribution in [-0.2, 0) is 17.6 Å². The van der Waals surface area contributed by atoms with Crippen LogP contribution in [0.5, 0.6) is 0 Å². The molecular weight excluding hydrogens is 254 g/mol. The predicted octanol–water partition coefficient (Wildman–Crippen LogP) is 3.17. The van der Waals surface area contributed by atoms with Crippen LogP contribution in [-0.4, -0.2) is 0 Å². The fourth-order valence-electron chi connectivity index (χ4n) is 0.976. The second-order valence-corrected chi connectivity index (χ2v) is 3.03. The first-order valence-electron chi connectivity index (χ1n) is 3.62. The Morgan fingerprint density at radius 1 is 1.33 bits per heavy atom. The lowest BCUT2D eigenvalue weighted by Gasteiger charge is -2.10. The number of halogens is 5. The highest BCUT2D eigenvalue weighted by molar-refractivity contribution is 6.31. The van der Waals surface area contributed by atoms with E-state index in [0.717, 1.165) is 6.07 Å². The van der Waals surface area contributed by atoms with Gasteiger partial charge in [0.15, 0.2) is 0 Å². The largest absolute Gasteiger partial charge is 0.417 e. The molecule has 0 saturated heterocycles. The third-order valence-corrected chi connectivity index (χ3v) is 1.92. The molecule has 0 aliphatic carbocycles. The van der Waals surface area contributed by atoms with Crippen LogP contribution in [0.2, 0.25) is 5.02 Å². The summed E-state index contributed by atoms with van der Waals surface area (Å²) >= 11 is 5.39. The molecule has 0 spiro atoms. The van der Waals surface area contributed by atoms with Gasteiger partial charge in [0.05, 0.1) is 17.2 Å². The Balaban J connectivity index is 0.00000196. The fraction of sp³-hybridized carbons (Fsp3) is 0.250. The van der Waals surface area contributed by atoms with Crippen LogP contribution >= 0.6 is 24.0 Å². The molecule has 0 radical (unpaired) electrons. The molecule has 0 heterocycles. The van der Waals surface area contributed by atoms with E-state index in [1.807, 2.05) is 0 Å². The molecule has 0 unspecified atom stereocenters. The molecule has 0 aliphatic rings. The highest BCUT2D eigenvalue weighted by Crippen LogP contribution is 2.35. The lowest BCUT2D eigenvalue weighted by Crippen LogP contribution is -2.07. The summed E-state index contributed by atoms with van der Waals surface area (Å²) in [5, 5.41) is -0.335. The van der Waals surface area contributed by atoms with Crippen molar-refractivity contribution in [3.63, 3.8) is 0 Å². The van der Waals surface area contributed by atoms with Crippen LogP contribution in [0, 0.1) is 0 Å². The minimum absolute atomic E-state index is 0. The zero-order valence-corrected chi connectivity index (χ0v) is 8.92. The topological polar surface area (TPSA) is 35.2 Å². The summed E-state index contributed by atoms with van der Waals surface area (Å²) in [5.41, 5.74) is -0.557. The molecule has 2 N–H and O–H groups in total. The maximum atomic E-state index is 12.3. The minimum Gasteiger partial charge on any atom is -0.300 e. The quantitative estimate of drug-likeness (QED) is 0.831. The van der Waals surface area contributed by atoms with Gasteiger partial charge in [-0.2, -0.15) is 13.2 Å². The Morgan fingerprint density at radius 3 is 2.40 bits per heavy atom. The predicted molar refractivity (Wildman–Crippen MR) is 52.7 cm³/mol. The first-order chi connectivity index (χ1) is 6.45. The summed E-state index contributed by atoms with van der Waals surface area (Å²) < 4.78 is 36.9. The van der Waals surface area contributed by atoms with E-state index in [9.17, 15) is 13.2 Å². The highest BCUT2D eigenvalue weighted by Gasteiger charge is 2.33. The van der Waals surface area contributed by atoms with E-state index in [1.165, 1.54) is 12.1 Å². The molecule has 0 aliphatic heterocycles. The van der Waals surface area contributed by atoms with Crippen LogP contribution in [0.15, 0.2) is 18.2 Å². The average Bonchev–Trinajstić information content (AvgIpc) is 2.07. The van der Waals surface area contributed by atoms with Crippen LogP contribution < -0.4 is 5.90 Å². The Labute approximate surface area is 95.5 Å². The number of benzene rings is 1. The maximum absolute atomic E-state index is 12.3. The second-order valence-electron chi connectivity index (χ2n) is 2.62. The van der Waals surface area contributed by atoms with Crippen molar-refractivity contribution in [2.24, 2.45) is 5.90 Å². The van der Waals surface area contributed by atoms with E-state index < -0.39 is 11.7 Å². The fourth-order valence-corrected chi connectivity index (χ4v) is 1.20. The summed E-state index contributed by atoms with van der Waals surface area (Å²) in [4.78, 5) is 4.22. The van der Waals surface area contributed by atoms with Crippen molar-refractivity contribution in [3.8, 4) is 0 Å². The zero-order chi connectivity index (χ0) is 10.8. The summed E-state index contributed by atoms with van der Waals surface area (Å²) in [5.74, 6) is 4.74. The Kier molecular flexibility index (Phi) is 5.37. The molecule has 86 valence electrons. The van der Waals surface area contributed by atoms with Gasteiger partial charge in [-0.1, -0.05) is 17.7 Å². The van der Waals surface area contributed by atoms with Crippen LogP contribution in [0.4, 0.5) is 13.2 Å². The molecule has 0 saturated carbocycles. The van der Waals surface area contributed by atoms with E-state index in [1.54, 1.807) is 0 Å². The van der Waals surface area contributed by atoms with Crippen molar-refractivity contribution in [1.82, 2.24) is 0 Å². The van der Waals surface area contributed by atoms with Crippen molar-refractivity contribution in [1.29, 1.82) is 0 Å². The molecule has 1 aromatic carbocycles. The SMILES string of the molecule is Cl.NOCc1ccc(Cl)c(C(F)(F)F)c1. The summed E-state index contributed by atoms with van der Waals surface area (Å²) in [6.45, 7) is -0.0831. The molecular formula is C8H8Cl2F3NO. The van der Waals surface area contributed by atoms with Crippen molar-refractivity contribution >= 4 is 24.0 Å². The van der Waals surface area contributed by atoms with Crippen LogP contribution in [0.3, 0.4) is 0 Å². The molecule has 0 fully saturated rings. The zero-order valence-electron chi connectivity index (χ0n) is 7.34. The molecule has 2 nitrogen and oxygen atoms in total. The summed E-state index contributed by atoms with van der Waals surface area (Å²) in [7, 11) is 0. The smallest absolute Gasteiger partial charge is 0.300 e. The molecule has 0 aromatic heterocycles. The van der Waals surface area contributed by atoms with Crippen molar-refractivity contribution in [2.75, 3.05) is 0 Å². The number of alkyl halides is 3. The van der Waals surface area contributed by atoms with Crippen LogP contribution in [0.1, 0.15) is 11.1 Å². The molecule has 0 bridgehead atoms. The van der Waals surface area contributed by atoms with E-state index in [0.29, 0.717) is 5.56 Å². The number of hydrogen-bond acceptors (Lipinski definition) is 2. The third kappa shape index (κ3) is 3.87. The molecule has 1 rings (SSSR count). The van der Waals surface area contributed by atoms with Crippen molar-refractivity contribution < 1.29 is 18.0 Å². The second kappa shape index (κ2) is 5.55. The highest BCUT2D eigenvalue weighted by atomic mass is 35.5. The van der Waals surface area contributed by atoms with E-state index in [-0.39, 0.29) is 24.0 Å². The number of nitrogens with two attached hydrogens (primary N) is 1. The third-order valence-electron chi connectivity index (χ3n) is 1.59. The number of hydrogen-bond donors (Lipinski definition) is 1. The Hall–Kier alpha value is -0.490. The summed E-state index contributed by atoms with van der Waals surface area (Å²) in [6.07, 6.45) is -4.46. The van der Waals surface area contributed by atoms with Crippen LogP contribution in [0.25, 0.3) is 0 Å². The average molecular weight is 262 g/mol. The van der Waals surface area contributed by atoms with Crippen molar-refractivity contribution in [2.45, 2.75) is 12.8 Å². The lowest BCUT2D eigenvalue weighted by atomic mass is 10.1. The van der Waals surface area contributed by atoms with Gasteiger partial charge >= 0.3 is 6.18 Å². The van der Waals surface area contributed by atoms with Gasteiger partial charge in [0.1, 0.15) is 0 Å². The first-order valence-corrected chi connectivity index (χ1v) is 4.00. The first kappa shape index (κ1) is 14.5. The molecule has 0 amide bonds. The molecule has 15 heavy (non-hydrogen) atoms. The lowest BCUT2D eigenvalue weighted by molar-refractivity contribution is -0.137. The normalized spacial score (nSPS) is 11.0. The van der Waals surface area contributed by atoms with E-state index in [2.05, 4.69) is 4.84 Å².